The zero-order valence-electron chi connectivity index (χ0n) is 16.4. The van der Waals surface area contributed by atoms with E-state index in [9.17, 15) is 4.79 Å². The second-order valence-corrected chi connectivity index (χ2v) is 7.62. The molecule has 0 fully saturated rings. The summed E-state index contributed by atoms with van der Waals surface area (Å²) in [4.78, 5) is 15.5. The normalized spacial score (nSPS) is 18.1. The number of fused-ring (bicyclic) bond motifs is 1. The molecule has 1 atom stereocenters. The Hall–Kier alpha value is -3.34. The first-order chi connectivity index (χ1) is 14.2. The third-order valence-electron chi connectivity index (χ3n) is 5.67. The summed E-state index contributed by atoms with van der Waals surface area (Å²) in [7, 11) is 0. The van der Waals surface area contributed by atoms with Crippen molar-refractivity contribution in [2.75, 3.05) is 18.0 Å². The maximum absolute atomic E-state index is 13.3. The van der Waals surface area contributed by atoms with E-state index in [0.29, 0.717) is 13.0 Å². The number of aryl methyl sites for hydroxylation is 1. The second kappa shape index (κ2) is 7.24. The van der Waals surface area contributed by atoms with Crippen LogP contribution in [0.1, 0.15) is 35.1 Å². The van der Waals surface area contributed by atoms with Gasteiger partial charge in [-0.3, -0.25) is 4.79 Å². The van der Waals surface area contributed by atoms with E-state index in [1.165, 1.54) is 5.56 Å². The summed E-state index contributed by atoms with van der Waals surface area (Å²) in [6.07, 6.45) is 1.63. The van der Waals surface area contributed by atoms with Crippen molar-refractivity contribution in [1.29, 1.82) is 0 Å². The molecule has 146 valence electrons. The van der Waals surface area contributed by atoms with E-state index >= 15 is 0 Å². The standard InChI is InChI=1S/C24H23N3O2/c1-17-11-12-23(29-17)22-15-20(18-7-3-2-4-8-18)25-27(22)24(28)16-26-14-13-19-9-5-6-10-21(19)26/h2-12,22H,13-16H2,1H3. The van der Waals surface area contributed by atoms with Crippen molar-refractivity contribution >= 4 is 17.3 Å². The minimum Gasteiger partial charge on any atom is -0.464 e. The first-order valence-electron chi connectivity index (χ1n) is 10.0. The molecule has 0 radical (unpaired) electrons. The number of rotatable bonds is 4. The van der Waals surface area contributed by atoms with Crippen molar-refractivity contribution in [2.45, 2.75) is 25.8 Å². The molecule has 0 spiro atoms. The smallest absolute Gasteiger partial charge is 0.262 e. The van der Waals surface area contributed by atoms with Crippen molar-refractivity contribution in [3.63, 3.8) is 0 Å². The minimum absolute atomic E-state index is 0.00770. The zero-order chi connectivity index (χ0) is 19.8. The van der Waals surface area contributed by atoms with E-state index in [2.05, 4.69) is 23.1 Å². The number of carbonyl (C=O) groups is 1. The fraction of sp³-hybridized carbons (Fsp3) is 0.250. The number of hydrogen-bond acceptors (Lipinski definition) is 4. The second-order valence-electron chi connectivity index (χ2n) is 7.62. The van der Waals surface area contributed by atoms with Gasteiger partial charge in [0.15, 0.2) is 0 Å². The lowest BCUT2D eigenvalue weighted by atomic mass is 10.0. The van der Waals surface area contributed by atoms with Crippen LogP contribution in [0.25, 0.3) is 0 Å². The summed E-state index contributed by atoms with van der Waals surface area (Å²) in [5.74, 6) is 1.62. The molecular formula is C24H23N3O2. The van der Waals surface area contributed by atoms with Gasteiger partial charge in [0.05, 0.1) is 12.3 Å². The monoisotopic (exact) mass is 385 g/mol. The number of nitrogens with zero attached hydrogens (tertiary/aromatic N) is 3. The lowest BCUT2D eigenvalue weighted by Gasteiger charge is -2.24. The molecule has 29 heavy (non-hydrogen) atoms. The number of amides is 1. The summed E-state index contributed by atoms with van der Waals surface area (Å²) in [5.41, 5.74) is 4.41. The first kappa shape index (κ1) is 17.7. The third-order valence-corrected chi connectivity index (χ3v) is 5.67. The molecule has 2 aromatic carbocycles. The Bertz CT molecular complexity index is 1070. The van der Waals surface area contributed by atoms with Crippen LogP contribution >= 0.6 is 0 Å². The van der Waals surface area contributed by atoms with Gasteiger partial charge in [0.2, 0.25) is 0 Å². The third kappa shape index (κ3) is 3.33. The number of hydrogen-bond donors (Lipinski definition) is 0. The van der Waals surface area contributed by atoms with Gasteiger partial charge in [-0.2, -0.15) is 5.10 Å². The zero-order valence-corrected chi connectivity index (χ0v) is 16.4. The van der Waals surface area contributed by atoms with Crippen LogP contribution in [0.15, 0.2) is 76.2 Å². The first-order valence-corrected chi connectivity index (χ1v) is 10.0. The molecule has 3 heterocycles. The van der Waals surface area contributed by atoms with Gasteiger partial charge in [-0.1, -0.05) is 48.5 Å². The van der Waals surface area contributed by atoms with Gasteiger partial charge in [0.1, 0.15) is 17.6 Å². The van der Waals surface area contributed by atoms with E-state index < -0.39 is 0 Å². The lowest BCUT2D eigenvalue weighted by Crippen LogP contribution is -2.37. The summed E-state index contributed by atoms with van der Waals surface area (Å²) in [5, 5.41) is 6.36. The van der Waals surface area contributed by atoms with Crippen LogP contribution in [0, 0.1) is 6.92 Å². The van der Waals surface area contributed by atoms with Gasteiger partial charge in [-0.25, -0.2) is 5.01 Å². The van der Waals surface area contributed by atoms with Crippen molar-refractivity contribution in [1.82, 2.24) is 5.01 Å². The molecule has 2 aliphatic heterocycles. The highest BCUT2D eigenvalue weighted by molar-refractivity contribution is 6.03. The number of benzene rings is 2. The molecule has 0 saturated carbocycles. The average molecular weight is 385 g/mol. The quantitative estimate of drug-likeness (QED) is 0.672. The fourth-order valence-corrected chi connectivity index (χ4v) is 4.21. The van der Waals surface area contributed by atoms with E-state index in [4.69, 9.17) is 9.52 Å². The molecule has 1 amide bonds. The summed E-state index contributed by atoms with van der Waals surface area (Å²) < 4.78 is 5.88. The Balaban J connectivity index is 1.43. The van der Waals surface area contributed by atoms with Crippen molar-refractivity contribution in [2.24, 2.45) is 5.10 Å². The molecule has 0 N–H and O–H groups in total. The Labute approximate surface area is 170 Å². The number of para-hydroxylation sites is 1. The fourth-order valence-electron chi connectivity index (χ4n) is 4.21. The number of anilines is 1. The average Bonchev–Trinajstić information content (AvgIpc) is 3.47. The van der Waals surface area contributed by atoms with Crippen LogP contribution in [0.2, 0.25) is 0 Å². The number of furan rings is 1. The van der Waals surface area contributed by atoms with Crippen LogP contribution in [0.4, 0.5) is 5.69 Å². The Morgan fingerprint density at radius 1 is 1.07 bits per heavy atom. The predicted octanol–water partition coefficient (Wildman–Crippen LogP) is 4.33. The van der Waals surface area contributed by atoms with Crippen molar-refractivity contribution in [3.8, 4) is 0 Å². The molecule has 1 unspecified atom stereocenters. The molecular weight excluding hydrogens is 362 g/mol. The molecule has 5 nitrogen and oxygen atoms in total. The van der Waals surface area contributed by atoms with Gasteiger partial charge < -0.3 is 9.32 Å². The maximum atomic E-state index is 13.3. The van der Waals surface area contributed by atoms with Gasteiger partial charge >= 0.3 is 0 Å². The van der Waals surface area contributed by atoms with Crippen LogP contribution in [0.3, 0.4) is 0 Å². The van der Waals surface area contributed by atoms with Crippen molar-refractivity contribution < 1.29 is 9.21 Å². The van der Waals surface area contributed by atoms with Gasteiger partial charge in [0, 0.05) is 18.7 Å². The molecule has 5 heteroatoms. The molecule has 0 bridgehead atoms. The summed E-state index contributed by atoms with van der Waals surface area (Å²) >= 11 is 0. The van der Waals surface area contributed by atoms with Crippen LogP contribution in [0.5, 0.6) is 0 Å². The Morgan fingerprint density at radius 2 is 1.86 bits per heavy atom. The van der Waals surface area contributed by atoms with Crippen LogP contribution in [-0.2, 0) is 11.2 Å². The van der Waals surface area contributed by atoms with Gasteiger partial charge in [0.25, 0.3) is 5.91 Å². The molecule has 2 aliphatic rings. The lowest BCUT2D eigenvalue weighted by molar-refractivity contribution is -0.131. The topological polar surface area (TPSA) is 49.1 Å². The van der Waals surface area contributed by atoms with Crippen molar-refractivity contribution in [3.05, 3.63) is 89.4 Å². The van der Waals surface area contributed by atoms with Crippen LogP contribution in [-0.4, -0.2) is 29.7 Å². The Morgan fingerprint density at radius 3 is 2.66 bits per heavy atom. The van der Waals surface area contributed by atoms with Gasteiger partial charge in [-0.15, -0.1) is 0 Å². The molecule has 0 aliphatic carbocycles. The van der Waals surface area contributed by atoms with E-state index in [1.807, 2.05) is 55.5 Å². The Kier molecular flexibility index (Phi) is 4.43. The minimum atomic E-state index is -0.204. The van der Waals surface area contributed by atoms with E-state index in [1.54, 1.807) is 5.01 Å². The number of carbonyl (C=O) groups excluding carboxylic acids is 1. The summed E-state index contributed by atoms with van der Waals surface area (Å²) in [6, 6.07) is 22.0. The van der Waals surface area contributed by atoms with Gasteiger partial charge in [-0.05, 0) is 42.7 Å². The van der Waals surface area contributed by atoms with Crippen LogP contribution < -0.4 is 4.90 Å². The largest absolute Gasteiger partial charge is 0.464 e. The SMILES string of the molecule is Cc1ccc(C2CC(c3ccccc3)=NN2C(=O)CN2CCc3ccccc32)o1. The summed E-state index contributed by atoms with van der Waals surface area (Å²) in [6.45, 7) is 3.10. The number of hydrazone groups is 1. The molecule has 0 saturated heterocycles. The molecule has 1 aromatic heterocycles. The highest BCUT2D eigenvalue weighted by atomic mass is 16.3. The molecule has 3 aromatic rings. The maximum Gasteiger partial charge on any atom is 0.262 e. The highest BCUT2D eigenvalue weighted by Crippen LogP contribution is 2.34. The molecule has 5 rings (SSSR count). The van der Waals surface area contributed by atoms with E-state index in [0.717, 1.165) is 41.4 Å². The predicted molar refractivity (Wildman–Crippen MR) is 113 cm³/mol. The highest BCUT2D eigenvalue weighted by Gasteiger charge is 2.36. The van der Waals surface area contributed by atoms with E-state index in [-0.39, 0.29) is 11.9 Å².